The fourth-order valence-corrected chi connectivity index (χ4v) is 4.87. The van der Waals surface area contributed by atoms with Crippen LogP contribution in [0.1, 0.15) is 65.7 Å². The maximum Gasteiger partial charge on any atom is 0.410 e. The number of carboxylic acid groups (broad SMARTS) is 1. The predicted molar refractivity (Wildman–Crippen MR) is 86.1 cm³/mol. The summed E-state index contributed by atoms with van der Waals surface area (Å²) in [5.41, 5.74) is -0.665. The van der Waals surface area contributed by atoms with Crippen LogP contribution in [0.15, 0.2) is 0 Å². The van der Waals surface area contributed by atoms with Crippen molar-refractivity contribution in [1.82, 2.24) is 4.90 Å². The largest absolute Gasteiger partial charge is 0.481 e. The van der Waals surface area contributed by atoms with Gasteiger partial charge < -0.3 is 14.7 Å². The Morgan fingerprint density at radius 1 is 1.13 bits per heavy atom. The molecule has 1 spiro atoms. The molecule has 3 rings (SSSR count). The van der Waals surface area contributed by atoms with Gasteiger partial charge in [0.15, 0.2) is 0 Å². The molecule has 1 heterocycles. The van der Waals surface area contributed by atoms with Gasteiger partial charge in [0.25, 0.3) is 0 Å². The molecule has 0 aromatic carbocycles. The Morgan fingerprint density at radius 2 is 1.70 bits per heavy atom. The average Bonchev–Trinajstić information content (AvgIpc) is 2.34. The van der Waals surface area contributed by atoms with Gasteiger partial charge in [-0.15, -0.1) is 0 Å². The lowest BCUT2D eigenvalue weighted by Crippen LogP contribution is -2.59. The molecule has 5 nitrogen and oxygen atoms in total. The molecule has 2 aliphatic carbocycles. The van der Waals surface area contributed by atoms with Crippen LogP contribution in [0.4, 0.5) is 4.79 Å². The molecule has 0 bridgehead atoms. The van der Waals surface area contributed by atoms with Crippen molar-refractivity contribution < 1.29 is 19.4 Å². The van der Waals surface area contributed by atoms with Gasteiger partial charge in [-0.2, -0.15) is 0 Å². The molecule has 1 N–H and O–H groups in total. The number of nitrogens with zero attached hydrogens (tertiary/aromatic N) is 1. The van der Waals surface area contributed by atoms with E-state index in [0.29, 0.717) is 18.5 Å². The molecular formula is C18H29NO4. The predicted octanol–water partition coefficient (Wildman–Crippen LogP) is 3.67. The van der Waals surface area contributed by atoms with E-state index in [1.807, 2.05) is 20.8 Å². The molecule has 130 valence electrons. The van der Waals surface area contributed by atoms with E-state index in [9.17, 15) is 14.7 Å². The third kappa shape index (κ3) is 2.94. The third-order valence-corrected chi connectivity index (χ3v) is 6.15. The Bertz CT molecular complexity index is 488. The number of likely N-dealkylation sites (tertiary alicyclic amines) is 1. The second-order valence-corrected chi connectivity index (χ2v) is 8.91. The minimum atomic E-state index is -0.620. The van der Waals surface area contributed by atoms with Crippen LogP contribution in [0, 0.1) is 16.7 Å². The lowest BCUT2D eigenvalue weighted by Gasteiger charge is -2.62. The lowest BCUT2D eigenvalue weighted by atomic mass is 9.41. The molecule has 2 saturated carbocycles. The van der Waals surface area contributed by atoms with Gasteiger partial charge in [-0.05, 0) is 70.6 Å². The van der Waals surface area contributed by atoms with Gasteiger partial charge in [0.1, 0.15) is 5.60 Å². The summed E-state index contributed by atoms with van der Waals surface area (Å²) in [6.07, 6.45) is 6.66. The number of amides is 1. The number of carbonyl (C=O) groups is 2. The Balaban J connectivity index is 1.58. The lowest BCUT2D eigenvalue weighted by molar-refractivity contribution is -0.188. The summed E-state index contributed by atoms with van der Waals surface area (Å²) < 4.78 is 5.42. The first-order valence-corrected chi connectivity index (χ1v) is 8.87. The molecular weight excluding hydrogens is 294 g/mol. The first kappa shape index (κ1) is 16.6. The van der Waals surface area contributed by atoms with E-state index >= 15 is 0 Å². The molecule has 0 radical (unpaired) electrons. The van der Waals surface area contributed by atoms with Crippen molar-refractivity contribution >= 4 is 12.1 Å². The fourth-order valence-electron chi connectivity index (χ4n) is 4.87. The third-order valence-electron chi connectivity index (χ3n) is 6.15. The van der Waals surface area contributed by atoms with Crippen LogP contribution >= 0.6 is 0 Å². The Labute approximate surface area is 138 Å². The molecule has 23 heavy (non-hydrogen) atoms. The molecule has 3 aliphatic rings. The molecule has 0 unspecified atom stereocenters. The maximum atomic E-state index is 12.1. The molecule has 0 atom stereocenters. The van der Waals surface area contributed by atoms with Gasteiger partial charge in [-0.3, -0.25) is 4.79 Å². The number of ether oxygens (including phenoxy) is 1. The molecule has 0 aromatic heterocycles. The minimum Gasteiger partial charge on any atom is -0.481 e. The number of carboxylic acids is 1. The Hall–Kier alpha value is -1.26. The highest BCUT2D eigenvalue weighted by atomic mass is 16.6. The number of rotatable bonds is 2. The van der Waals surface area contributed by atoms with Crippen molar-refractivity contribution in [2.45, 2.75) is 71.3 Å². The number of carbonyl (C=O) groups excluding carboxylic acids is 1. The summed E-state index contributed by atoms with van der Waals surface area (Å²) in [6.45, 7) is 6.82. The Morgan fingerprint density at radius 3 is 2.09 bits per heavy atom. The van der Waals surface area contributed by atoms with Gasteiger partial charge in [0, 0.05) is 13.1 Å². The van der Waals surface area contributed by atoms with Crippen LogP contribution in [0.2, 0.25) is 0 Å². The van der Waals surface area contributed by atoms with Crippen LogP contribution < -0.4 is 0 Å². The zero-order chi connectivity index (χ0) is 16.9. The second-order valence-electron chi connectivity index (χ2n) is 8.91. The highest BCUT2D eigenvalue weighted by molar-refractivity contribution is 5.77. The zero-order valence-electron chi connectivity index (χ0n) is 14.6. The number of piperidine rings is 1. The van der Waals surface area contributed by atoms with E-state index in [1.54, 1.807) is 4.90 Å². The number of hydrogen-bond donors (Lipinski definition) is 1. The SMILES string of the molecule is CC(C)(C)OC(=O)N1CCC(C2(C(=O)O)CC3(CCC3)C2)CC1. The standard InChI is InChI=1S/C18H29NO4/c1-16(2,3)23-15(22)19-9-5-13(6-10-19)18(14(20)21)11-17(12-18)7-4-8-17/h13H,4-12H2,1-3H3,(H,20,21). The Kier molecular flexibility index (Phi) is 3.88. The van der Waals surface area contributed by atoms with Gasteiger partial charge in [-0.25, -0.2) is 4.79 Å². The van der Waals surface area contributed by atoms with Crippen LogP contribution in [0.25, 0.3) is 0 Å². The van der Waals surface area contributed by atoms with E-state index < -0.39 is 17.0 Å². The van der Waals surface area contributed by atoms with Crippen molar-refractivity contribution in [3.8, 4) is 0 Å². The van der Waals surface area contributed by atoms with E-state index in [4.69, 9.17) is 4.74 Å². The molecule has 5 heteroatoms. The number of hydrogen-bond acceptors (Lipinski definition) is 3. The number of aliphatic carboxylic acids is 1. The zero-order valence-corrected chi connectivity index (χ0v) is 14.6. The van der Waals surface area contributed by atoms with E-state index in [2.05, 4.69) is 0 Å². The summed E-state index contributed by atoms with van der Waals surface area (Å²) in [5, 5.41) is 9.81. The normalized spacial score (nSPS) is 26.3. The quantitative estimate of drug-likeness (QED) is 0.842. The summed E-state index contributed by atoms with van der Waals surface area (Å²) in [6, 6.07) is 0. The molecule has 1 aliphatic heterocycles. The van der Waals surface area contributed by atoms with E-state index in [1.165, 1.54) is 19.3 Å². The maximum absolute atomic E-state index is 12.1. The fraction of sp³-hybridized carbons (Fsp3) is 0.889. The van der Waals surface area contributed by atoms with Crippen LogP contribution in [0.3, 0.4) is 0 Å². The minimum absolute atomic E-state index is 0.199. The van der Waals surface area contributed by atoms with Crippen LogP contribution in [0.5, 0.6) is 0 Å². The van der Waals surface area contributed by atoms with E-state index in [-0.39, 0.29) is 12.0 Å². The first-order valence-electron chi connectivity index (χ1n) is 8.87. The van der Waals surface area contributed by atoms with Gasteiger partial charge in [0.2, 0.25) is 0 Å². The monoisotopic (exact) mass is 323 g/mol. The van der Waals surface area contributed by atoms with Crippen molar-refractivity contribution in [1.29, 1.82) is 0 Å². The van der Waals surface area contributed by atoms with Crippen molar-refractivity contribution in [2.24, 2.45) is 16.7 Å². The second kappa shape index (κ2) is 5.38. The van der Waals surface area contributed by atoms with Gasteiger partial charge >= 0.3 is 12.1 Å². The van der Waals surface area contributed by atoms with Crippen molar-refractivity contribution in [2.75, 3.05) is 13.1 Å². The molecule has 1 saturated heterocycles. The van der Waals surface area contributed by atoms with Crippen molar-refractivity contribution in [3.05, 3.63) is 0 Å². The summed E-state index contributed by atoms with van der Waals surface area (Å²) in [7, 11) is 0. The highest BCUT2D eigenvalue weighted by Gasteiger charge is 2.63. The van der Waals surface area contributed by atoms with E-state index in [0.717, 1.165) is 25.7 Å². The average molecular weight is 323 g/mol. The van der Waals surface area contributed by atoms with Crippen LogP contribution in [-0.4, -0.2) is 40.8 Å². The first-order chi connectivity index (χ1) is 10.7. The van der Waals surface area contributed by atoms with Gasteiger partial charge in [0.05, 0.1) is 5.41 Å². The van der Waals surface area contributed by atoms with Crippen LogP contribution in [-0.2, 0) is 9.53 Å². The molecule has 0 aromatic rings. The van der Waals surface area contributed by atoms with Crippen molar-refractivity contribution in [3.63, 3.8) is 0 Å². The van der Waals surface area contributed by atoms with Gasteiger partial charge in [-0.1, -0.05) is 6.42 Å². The topological polar surface area (TPSA) is 66.8 Å². The summed E-state index contributed by atoms with van der Waals surface area (Å²) in [4.78, 5) is 25.8. The summed E-state index contributed by atoms with van der Waals surface area (Å²) in [5.74, 6) is -0.421. The molecule has 1 amide bonds. The molecule has 3 fully saturated rings. The summed E-state index contributed by atoms with van der Waals surface area (Å²) >= 11 is 0. The highest BCUT2D eigenvalue weighted by Crippen LogP contribution is 2.68. The smallest absolute Gasteiger partial charge is 0.410 e.